The van der Waals surface area contributed by atoms with Gasteiger partial charge in [-0.2, -0.15) is 0 Å². The molecule has 4 heteroatoms. The summed E-state index contributed by atoms with van der Waals surface area (Å²) in [5.74, 6) is 0. The fourth-order valence-electron chi connectivity index (χ4n) is 1.85. The van der Waals surface area contributed by atoms with Crippen LogP contribution >= 0.6 is 0 Å². The van der Waals surface area contributed by atoms with Gasteiger partial charge in [-0.1, -0.05) is 6.07 Å². The van der Waals surface area contributed by atoms with Crippen LogP contribution in [0.1, 0.15) is 0 Å². The van der Waals surface area contributed by atoms with Gasteiger partial charge < -0.3 is 19.8 Å². The summed E-state index contributed by atoms with van der Waals surface area (Å²) >= 11 is 0. The van der Waals surface area contributed by atoms with Crippen molar-refractivity contribution >= 4 is 16.6 Å². The van der Waals surface area contributed by atoms with E-state index in [1.807, 2.05) is 24.4 Å². The van der Waals surface area contributed by atoms with Crippen LogP contribution in [0.15, 0.2) is 30.5 Å². The lowest BCUT2D eigenvalue weighted by Gasteiger charge is -2.07. The maximum atomic E-state index is 5.90. The van der Waals surface area contributed by atoms with Gasteiger partial charge in [0.25, 0.3) is 0 Å². The van der Waals surface area contributed by atoms with Crippen LogP contribution in [0.5, 0.6) is 0 Å². The Labute approximate surface area is 101 Å². The highest BCUT2D eigenvalue weighted by Gasteiger charge is 2.02. The van der Waals surface area contributed by atoms with Gasteiger partial charge in [0.2, 0.25) is 0 Å². The van der Waals surface area contributed by atoms with E-state index in [1.165, 1.54) is 0 Å². The van der Waals surface area contributed by atoms with Gasteiger partial charge in [0.1, 0.15) is 0 Å². The Balaban J connectivity index is 1.97. The SMILES string of the molecule is COCCOCCn1ccc2c(N)cccc21. The molecule has 0 saturated carbocycles. The van der Waals surface area contributed by atoms with Gasteiger partial charge in [-0.05, 0) is 18.2 Å². The molecule has 0 atom stereocenters. The van der Waals surface area contributed by atoms with Crippen LogP contribution in [0.3, 0.4) is 0 Å². The maximum absolute atomic E-state index is 5.90. The number of hydrogen-bond donors (Lipinski definition) is 1. The Morgan fingerprint density at radius 2 is 2.06 bits per heavy atom. The third-order valence-corrected chi connectivity index (χ3v) is 2.76. The third-order valence-electron chi connectivity index (χ3n) is 2.76. The standard InChI is InChI=1S/C13H18N2O2/c1-16-9-10-17-8-7-15-6-5-11-12(14)3-2-4-13(11)15/h2-6H,7-10,14H2,1H3. The molecule has 0 fully saturated rings. The Morgan fingerprint density at radius 1 is 1.18 bits per heavy atom. The smallest absolute Gasteiger partial charge is 0.0701 e. The number of hydrogen-bond acceptors (Lipinski definition) is 3. The fourth-order valence-corrected chi connectivity index (χ4v) is 1.85. The van der Waals surface area contributed by atoms with E-state index >= 15 is 0 Å². The van der Waals surface area contributed by atoms with Crippen molar-refractivity contribution in [3.05, 3.63) is 30.5 Å². The first-order chi connectivity index (χ1) is 8.33. The molecule has 2 N–H and O–H groups in total. The second kappa shape index (κ2) is 5.70. The first-order valence-corrected chi connectivity index (χ1v) is 5.73. The number of aromatic nitrogens is 1. The molecule has 0 bridgehead atoms. The van der Waals surface area contributed by atoms with E-state index in [0.717, 1.165) is 23.1 Å². The average molecular weight is 234 g/mol. The number of rotatable bonds is 6. The van der Waals surface area contributed by atoms with Crippen LogP contribution in [0, 0.1) is 0 Å². The minimum atomic E-state index is 0.637. The first kappa shape index (κ1) is 12.0. The van der Waals surface area contributed by atoms with Crippen molar-refractivity contribution in [2.45, 2.75) is 6.54 Å². The molecule has 0 aliphatic heterocycles. The number of methoxy groups -OCH3 is 1. The Kier molecular flexibility index (Phi) is 4.01. The van der Waals surface area contributed by atoms with Crippen LogP contribution in [-0.4, -0.2) is 31.5 Å². The molecule has 0 unspecified atom stereocenters. The summed E-state index contributed by atoms with van der Waals surface area (Å²) in [4.78, 5) is 0. The van der Waals surface area contributed by atoms with Crippen molar-refractivity contribution in [1.82, 2.24) is 4.57 Å². The van der Waals surface area contributed by atoms with Crippen molar-refractivity contribution in [3.8, 4) is 0 Å². The molecule has 4 nitrogen and oxygen atoms in total. The lowest BCUT2D eigenvalue weighted by molar-refractivity contribution is 0.0670. The Hall–Kier alpha value is -1.52. The summed E-state index contributed by atoms with van der Waals surface area (Å²) in [5.41, 5.74) is 7.88. The molecule has 0 spiro atoms. The highest BCUT2D eigenvalue weighted by atomic mass is 16.5. The number of nitrogens with zero attached hydrogens (tertiary/aromatic N) is 1. The number of ether oxygens (including phenoxy) is 2. The van der Waals surface area contributed by atoms with Crippen LogP contribution in [0.2, 0.25) is 0 Å². The predicted octanol–water partition coefficient (Wildman–Crippen LogP) is 1.89. The van der Waals surface area contributed by atoms with Crippen molar-refractivity contribution < 1.29 is 9.47 Å². The zero-order valence-corrected chi connectivity index (χ0v) is 10.1. The zero-order valence-electron chi connectivity index (χ0n) is 10.1. The molecule has 0 aliphatic rings. The number of fused-ring (bicyclic) bond motifs is 1. The van der Waals surface area contributed by atoms with Gasteiger partial charge in [-0.15, -0.1) is 0 Å². The van der Waals surface area contributed by atoms with Crippen molar-refractivity contribution in [1.29, 1.82) is 0 Å². The van der Waals surface area contributed by atoms with Gasteiger partial charge in [0, 0.05) is 30.9 Å². The van der Waals surface area contributed by atoms with Crippen molar-refractivity contribution in [3.63, 3.8) is 0 Å². The lowest BCUT2D eigenvalue weighted by Crippen LogP contribution is -2.08. The van der Waals surface area contributed by atoms with E-state index in [9.17, 15) is 0 Å². The Morgan fingerprint density at radius 3 is 2.88 bits per heavy atom. The molecule has 0 aliphatic carbocycles. The summed E-state index contributed by atoms with van der Waals surface area (Å²) in [6, 6.07) is 8.00. The molecule has 1 aromatic heterocycles. The molecule has 0 radical (unpaired) electrons. The van der Waals surface area contributed by atoms with Gasteiger partial charge in [0.05, 0.1) is 25.3 Å². The monoisotopic (exact) mass is 234 g/mol. The van der Waals surface area contributed by atoms with E-state index in [0.29, 0.717) is 19.8 Å². The second-order valence-electron chi connectivity index (χ2n) is 3.89. The molecular formula is C13H18N2O2. The maximum Gasteiger partial charge on any atom is 0.0701 e. The first-order valence-electron chi connectivity index (χ1n) is 5.73. The van der Waals surface area contributed by atoms with Crippen molar-refractivity contribution in [2.24, 2.45) is 0 Å². The largest absolute Gasteiger partial charge is 0.398 e. The number of anilines is 1. The molecule has 92 valence electrons. The topological polar surface area (TPSA) is 49.4 Å². The predicted molar refractivity (Wildman–Crippen MR) is 69.0 cm³/mol. The van der Waals surface area contributed by atoms with Crippen LogP contribution in [-0.2, 0) is 16.0 Å². The molecule has 0 saturated heterocycles. The van der Waals surface area contributed by atoms with E-state index in [2.05, 4.69) is 10.6 Å². The van der Waals surface area contributed by atoms with Crippen LogP contribution < -0.4 is 5.73 Å². The van der Waals surface area contributed by atoms with Gasteiger partial charge in [-0.25, -0.2) is 0 Å². The van der Waals surface area contributed by atoms with Gasteiger partial charge in [-0.3, -0.25) is 0 Å². The molecule has 17 heavy (non-hydrogen) atoms. The van der Waals surface area contributed by atoms with Crippen LogP contribution in [0.4, 0.5) is 5.69 Å². The normalized spacial score (nSPS) is 11.1. The summed E-state index contributed by atoms with van der Waals surface area (Å²) in [6.07, 6.45) is 2.04. The number of nitrogen functional groups attached to an aromatic ring is 1. The molecule has 2 rings (SSSR count). The zero-order chi connectivity index (χ0) is 12.1. The third kappa shape index (κ3) is 2.78. The number of benzene rings is 1. The summed E-state index contributed by atoms with van der Waals surface area (Å²) in [7, 11) is 1.67. The molecule has 2 aromatic rings. The minimum absolute atomic E-state index is 0.637. The summed E-state index contributed by atoms with van der Waals surface area (Å²) in [5, 5.41) is 1.10. The molecule has 1 heterocycles. The van der Waals surface area contributed by atoms with Gasteiger partial charge in [0.15, 0.2) is 0 Å². The van der Waals surface area contributed by atoms with E-state index in [1.54, 1.807) is 7.11 Å². The minimum Gasteiger partial charge on any atom is -0.398 e. The summed E-state index contributed by atoms with van der Waals surface area (Å²) in [6.45, 7) is 2.79. The van der Waals surface area contributed by atoms with Crippen molar-refractivity contribution in [2.75, 3.05) is 32.7 Å². The molecule has 1 aromatic carbocycles. The van der Waals surface area contributed by atoms with E-state index in [-0.39, 0.29) is 0 Å². The highest BCUT2D eigenvalue weighted by molar-refractivity contribution is 5.91. The number of nitrogens with two attached hydrogens (primary N) is 1. The molecular weight excluding hydrogens is 216 g/mol. The average Bonchev–Trinajstić information content (AvgIpc) is 2.74. The Bertz CT molecular complexity index is 479. The van der Waals surface area contributed by atoms with E-state index in [4.69, 9.17) is 15.2 Å². The van der Waals surface area contributed by atoms with E-state index < -0.39 is 0 Å². The quantitative estimate of drug-likeness (QED) is 0.613. The van der Waals surface area contributed by atoms with Crippen LogP contribution in [0.25, 0.3) is 10.9 Å². The second-order valence-corrected chi connectivity index (χ2v) is 3.89. The van der Waals surface area contributed by atoms with Gasteiger partial charge >= 0.3 is 0 Å². The summed E-state index contributed by atoms with van der Waals surface area (Å²) < 4.78 is 12.5. The fraction of sp³-hybridized carbons (Fsp3) is 0.385. The molecule has 0 amide bonds. The lowest BCUT2D eigenvalue weighted by atomic mass is 10.2. The highest BCUT2D eigenvalue weighted by Crippen LogP contribution is 2.21.